The van der Waals surface area contributed by atoms with Crippen LogP contribution in [0.1, 0.15) is 38.0 Å². The monoisotopic (exact) mass is 421 g/mol. The average molecular weight is 422 g/mol. The van der Waals surface area contributed by atoms with Gasteiger partial charge in [0.25, 0.3) is 5.91 Å². The van der Waals surface area contributed by atoms with Crippen molar-refractivity contribution in [3.8, 4) is 0 Å². The summed E-state index contributed by atoms with van der Waals surface area (Å²) >= 11 is 6.20. The van der Waals surface area contributed by atoms with Gasteiger partial charge in [0.15, 0.2) is 9.84 Å². The lowest BCUT2D eigenvalue weighted by molar-refractivity contribution is 0.0599. The number of benzene rings is 2. The Bertz CT molecular complexity index is 988. The first kappa shape index (κ1) is 20.4. The highest BCUT2D eigenvalue weighted by molar-refractivity contribution is 7.91. The van der Waals surface area contributed by atoms with Crippen LogP contribution in [0.15, 0.2) is 48.5 Å². The van der Waals surface area contributed by atoms with E-state index in [-0.39, 0.29) is 24.6 Å². The van der Waals surface area contributed by atoms with Gasteiger partial charge >= 0.3 is 5.97 Å². The molecule has 1 amide bonds. The first-order chi connectivity index (χ1) is 13.3. The summed E-state index contributed by atoms with van der Waals surface area (Å²) in [5, 5.41) is -0.324. The molecule has 0 aromatic heterocycles. The molecule has 148 valence electrons. The number of sulfone groups is 1. The number of ether oxygens (including phenoxy) is 1. The van der Waals surface area contributed by atoms with Gasteiger partial charge in [0, 0.05) is 23.7 Å². The van der Waals surface area contributed by atoms with E-state index in [2.05, 4.69) is 4.74 Å². The second-order valence-electron chi connectivity index (χ2n) is 6.53. The Morgan fingerprint density at radius 1 is 1.04 bits per heavy atom. The fourth-order valence-electron chi connectivity index (χ4n) is 3.28. The van der Waals surface area contributed by atoms with Gasteiger partial charge in [-0.2, -0.15) is 0 Å². The standard InChI is InChI=1S/C20H20ClNO5S/c1-27-20(24)15-8-6-14(7-9-15)19(23)22-11-10-18(28(25,26)13-12-22)16-4-2-3-5-17(16)21/h2-9,18H,10-13H2,1H3/t18-/m0/s1. The minimum Gasteiger partial charge on any atom is -0.465 e. The number of amides is 1. The van der Waals surface area contributed by atoms with Crippen molar-refractivity contribution in [2.45, 2.75) is 11.7 Å². The largest absolute Gasteiger partial charge is 0.465 e. The van der Waals surface area contributed by atoms with Crippen LogP contribution < -0.4 is 0 Å². The molecule has 0 unspecified atom stereocenters. The summed E-state index contributed by atoms with van der Waals surface area (Å²) in [5.41, 5.74) is 1.30. The lowest BCUT2D eigenvalue weighted by Gasteiger charge is -2.20. The molecule has 0 saturated carbocycles. The van der Waals surface area contributed by atoms with E-state index < -0.39 is 21.1 Å². The van der Waals surface area contributed by atoms with E-state index in [0.717, 1.165) is 0 Å². The van der Waals surface area contributed by atoms with Crippen LogP contribution in [0.2, 0.25) is 5.02 Å². The number of nitrogens with zero attached hydrogens (tertiary/aromatic N) is 1. The van der Waals surface area contributed by atoms with Crippen LogP contribution in [0.4, 0.5) is 0 Å². The van der Waals surface area contributed by atoms with E-state index in [0.29, 0.717) is 28.3 Å². The SMILES string of the molecule is COC(=O)c1ccc(C(=O)N2CC[C@@H](c3ccccc3Cl)S(=O)(=O)CC2)cc1. The van der Waals surface area contributed by atoms with Crippen molar-refractivity contribution in [1.82, 2.24) is 4.90 Å². The van der Waals surface area contributed by atoms with Crippen LogP contribution in [-0.4, -0.2) is 51.1 Å². The van der Waals surface area contributed by atoms with Crippen LogP contribution in [0.25, 0.3) is 0 Å². The average Bonchev–Trinajstić information content (AvgIpc) is 2.85. The summed E-state index contributed by atoms with van der Waals surface area (Å²) in [6.07, 6.45) is 0.276. The van der Waals surface area contributed by atoms with E-state index in [1.165, 1.54) is 24.1 Å². The molecule has 1 heterocycles. The summed E-state index contributed by atoms with van der Waals surface area (Å²) in [5.74, 6) is -0.886. The van der Waals surface area contributed by atoms with Crippen molar-refractivity contribution in [3.63, 3.8) is 0 Å². The molecule has 1 aliphatic rings. The molecular formula is C20H20ClNO5S. The highest BCUT2D eigenvalue weighted by Crippen LogP contribution is 2.34. The molecule has 1 aliphatic heterocycles. The highest BCUT2D eigenvalue weighted by Gasteiger charge is 2.33. The van der Waals surface area contributed by atoms with Crippen molar-refractivity contribution >= 4 is 33.3 Å². The second-order valence-corrected chi connectivity index (χ2v) is 9.24. The van der Waals surface area contributed by atoms with Gasteiger partial charge in [0.1, 0.15) is 0 Å². The lowest BCUT2D eigenvalue weighted by atomic mass is 10.1. The quantitative estimate of drug-likeness (QED) is 0.711. The van der Waals surface area contributed by atoms with Gasteiger partial charge in [-0.15, -0.1) is 0 Å². The number of carbonyl (C=O) groups excluding carboxylic acids is 2. The third-order valence-corrected chi connectivity index (χ3v) is 7.29. The molecule has 8 heteroatoms. The first-order valence-electron chi connectivity index (χ1n) is 8.77. The smallest absolute Gasteiger partial charge is 0.337 e. The number of halogens is 1. The van der Waals surface area contributed by atoms with Crippen LogP contribution >= 0.6 is 11.6 Å². The maximum Gasteiger partial charge on any atom is 0.337 e. The molecular weight excluding hydrogens is 402 g/mol. The molecule has 0 radical (unpaired) electrons. The molecule has 0 N–H and O–H groups in total. The second kappa shape index (κ2) is 8.32. The topological polar surface area (TPSA) is 80.8 Å². The molecule has 0 aliphatic carbocycles. The van der Waals surface area contributed by atoms with Gasteiger partial charge in [0.05, 0.1) is 23.7 Å². The van der Waals surface area contributed by atoms with E-state index >= 15 is 0 Å². The van der Waals surface area contributed by atoms with Crippen molar-refractivity contribution in [2.75, 3.05) is 26.0 Å². The number of esters is 1. The molecule has 1 fully saturated rings. The normalized spacial score (nSPS) is 18.9. The first-order valence-corrected chi connectivity index (χ1v) is 10.9. The van der Waals surface area contributed by atoms with E-state index in [9.17, 15) is 18.0 Å². The highest BCUT2D eigenvalue weighted by atomic mass is 35.5. The number of methoxy groups -OCH3 is 1. The van der Waals surface area contributed by atoms with Crippen LogP contribution in [0.5, 0.6) is 0 Å². The summed E-state index contributed by atoms with van der Waals surface area (Å²) < 4.78 is 30.2. The summed E-state index contributed by atoms with van der Waals surface area (Å²) in [6.45, 7) is 0.410. The van der Waals surface area contributed by atoms with Crippen LogP contribution in [0.3, 0.4) is 0 Å². The predicted octanol–water partition coefficient (Wildman–Crippen LogP) is 3.13. The van der Waals surface area contributed by atoms with Gasteiger partial charge in [-0.1, -0.05) is 29.8 Å². The maximum atomic E-state index is 12.8. The Labute approximate surface area is 169 Å². The van der Waals surface area contributed by atoms with Gasteiger partial charge in [-0.3, -0.25) is 4.79 Å². The number of hydrogen-bond acceptors (Lipinski definition) is 5. The summed E-state index contributed by atoms with van der Waals surface area (Å²) in [4.78, 5) is 25.9. The zero-order valence-electron chi connectivity index (χ0n) is 15.3. The Balaban J connectivity index is 1.79. The fraction of sp³-hybridized carbons (Fsp3) is 0.300. The Morgan fingerprint density at radius 3 is 2.32 bits per heavy atom. The van der Waals surface area contributed by atoms with Crippen LogP contribution in [0, 0.1) is 0 Å². The van der Waals surface area contributed by atoms with E-state index in [1.807, 2.05) is 0 Å². The molecule has 0 spiro atoms. The molecule has 0 bridgehead atoms. The number of hydrogen-bond donors (Lipinski definition) is 0. The van der Waals surface area contributed by atoms with Gasteiger partial charge in [-0.25, -0.2) is 13.2 Å². The number of carbonyl (C=O) groups is 2. The van der Waals surface area contributed by atoms with Crippen molar-refractivity contribution in [3.05, 3.63) is 70.2 Å². The predicted molar refractivity (Wildman–Crippen MR) is 106 cm³/mol. The Kier molecular flexibility index (Phi) is 6.05. The Morgan fingerprint density at radius 2 is 1.68 bits per heavy atom. The summed E-state index contributed by atoms with van der Waals surface area (Å²) in [6, 6.07) is 13.0. The lowest BCUT2D eigenvalue weighted by Crippen LogP contribution is -2.33. The molecule has 6 nitrogen and oxygen atoms in total. The summed E-state index contributed by atoms with van der Waals surface area (Å²) in [7, 11) is -2.16. The molecule has 3 rings (SSSR count). The zero-order chi connectivity index (χ0) is 20.3. The fourth-order valence-corrected chi connectivity index (χ4v) is 5.43. The third-order valence-electron chi connectivity index (χ3n) is 4.83. The molecule has 1 atom stereocenters. The van der Waals surface area contributed by atoms with E-state index in [1.54, 1.807) is 36.4 Å². The van der Waals surface area contributed by atoms with Crippen molar-refractivity contribution in [2.24, 2.45) is 0 Å². The van der Waals surface area contributed by atoms with Crippen molar-refractivity contribution < 1.29 is 22.7 Å². The minimum absolute atomic E-state index is 0.112. The molecule has 1 saturated heterocycles. The number of rotatable bonds is 3. The minimum atomic E-state index is -3.45. The Hall–Kier alpha value is -2.38. The maximum absolute atomic E-state index is 12.8. The van der Waals surface area contributed by atoms with Gasteiger partial charge in [-0.05, 0) is 42.3 Å². The van der Waals surface area contributed by atoms with Gasteiger partial charge < -0.3 is 9.64 Å². The van der Waals surface area contributed by atoms with Crippen LogP contribution in [-0.2, 0) is 14.6 Å². The van der Waals surface area contributed by atoms with E-state index in [4.69, 9.17) is 11.6 Å². The van der Waals surface area contributed by atoms with Crippen molar-refractivity contribution in [1.29, 1.82) is 0 Å². The third kappa shape index (κ3) is 4.20. The zero-order valence-corrected chi connectivity index (χ0v) is 16.9. The molecule has 2 aromatic rings. The molecule has 28 heavy (non-hydrogen) atoms. The molecule has 2 aromatic carbocycles. The van der Waals surface area contributed by atoms with Gasteiger partial charge in [0.2, 0.25) is 0 Å².